The minimum Gasteiger partial charge on any atom is -0.481 e. The molecule has 0 aromatic rings. The number of thioether (sulfide) groups is 1. The number of carbonyl (C=O) groups excluding carboxylic acids is 6. The number of carbonyl (C=O) groups is 7. The standard InChI is InChI=1S/C31H54N8O9S.C6H14/c1-18-26(44)27(45)20(14-17-49-3)36-28(46)21(10-9-16-35-31(32)33)37-29(47)22(12-13-24(42)43)38-30(48)25(19(2)40)39-23(41)11-7-5-4-6-8-15-34-18;1-3-5-6-4-2/h18-22,25,34,40H,4-17H2,1-3H3,(H,36,46)(H,37,47)(H,38,48)(H,39,41)(H,42,43)(H4,32,33,35);3-6H2,1-2H3/t18?,19-,20?,21+,22?,25+;/m1./s1. The normalized spacial score (nSPS) is 23.5. The summed E-state index contributed by atoms with van der Waals surface area (Å²) in [4.78, 5) is 94.7. The van der Waals surface area contributed by atoms with Crippen LogP contribution in [0.3, 0.4) is 0 Å². The van der Waals surface area contributed by atoms with Crippen LogP contribution in [0.2, 0.25) is 0 Å². The van der Waals surface area contributed by atoms with E-state index in [9.17, 15) is 43.8 Å². The molecule has 0 aromatic carbocycles. The lowest BCUT2D eigenvalue weighted by Gasteiger charge is -2.27. The second-order valence-corrected chi connectivity index (χ2v) is 14.7. The van der Waals surface area contributed by atoms with Crippen LogP contribution < -0.4 is 38.1 Å². The van der Waals surface area contributed by atoms with E-state index >= 15 is 0 Å². The third-order valence-electron chi connectivity index (χ3n) is 8.81. The summed E-state index contributed by atoms with van der Waals surface area (Å²) in [6.07, 6.45) is 9.01. The van der Waals surface area contributed by atoms with Gasteiger partial charge in [-0.3, -0.25) is 38.6 Å². The van der Waals surface area contributed by atoms with Gasteiger partial charge in [0.15, 0.2) is 5.96 Å². The molecule has 0 bridgehead atoms. The predicted molar refractivity (Wildman–Crippen MR) is 214 cm³/mol. The molecule has 18 heteroatoms. The third-order valence-corrected chi connectivity index (χ3v) is 9.45. The van der Waals surface area contributed by atoms with E-state index in [0.29, 0.717) is 25.1 Å². The van der Waals surface area contributed by atoms with Crippen molar-refractivity contribution >= 4 is 58.9 Å². The molecule has 316 valence electrons. The monoisotopic (exact) mass is 800 g/mol. The first kappa shape index (κ1) is 51.2. The average molecular weight is 801 g/mol. The molecule has 11 N–H and O–H groups in total. The van der Waals surface area contributed by atoms with Crippen molar-refractivity contribution in [3.05, 3.63) is 0 Å². The van der Waals surface area contributed by atoms with E-state index in [4.69, 9.17) is 11.5 Å². The van der Waals surface area contributed by atoms with Crippen LogP contribution in [0.25, 0.3) is 0 Å². The summed E-state index contributed by atoms with van der Waals surface area (Å²) >= 11 is 1.41. The van der Waals surface area contributed by atoms with E-state index in [-0.39, 0.29) is 44.6 Å². The lowest BCUT2D eigenvalue weighted by atomic mass is 10.0. The molecule has 0 aliphatic carbocycles. The number of hydrogen-bond donors (Lipinski definition) is 9. The fourth-order valence-electron chi connectivity index (χ4n) is 5.51. The third kappa shape index (κ3) is 23.7. The number of Topliss-reactive ketones (excluding diaryl/α,β-unsaturated/α-hetero) is 2. The molecule has 0 radical (unpaired) electrons. The van der Waals surface area contributed by atoms with E-state index in [2.05, 4.69) is 45.4 Å². The molecule has 0 spiro atoms. The number of unbranched alkanes of at least 4 members (excludes halogenated alkanes) is 3. The van der Waals surface area contributed by atoms with Crippen molar-refractivity contribution in [3.63, 3.8) is 0 Å². The Labute approximate surface area is 330 Å². The summed E-state index contributed by atoms with van der Waals surface area (Å²) in [7, 11) is 0. The van der Waals surface area contributed by atoms with Gasteiger partial charge in [0.05, 0.1) is 18.2 Å². The first-order valence-electron chi connectivity index (χ1n) is 19.5. The molecule has 55 heavy (non-hydrogen) atoms. The minimum absolute atomic E-state index is 0.0321. The first-order chi connectivity index (χ1) is 26.1. The van der Waals surface area contributed by atoms with Crippen molar-refractivity contribution < 1.29 is 43.8 Å². The highest BCUT2D eigenvalue weighted by atomic mass is 32.2. The lowest BCUT2D eigenvalue weighted by Crippen LogP contribution is -2.59. The Balaban J connectivity index is 0.00000447. The molecule has 1 heterocycles. The Bertz CT molecular complexity index is 1230. The maximum absolute atomic E-state index is 13.6. The Morgan fingerprint density at radius 3 is 1.93 bits per heavy atom. The number of hydrogen-bond acceptors (Lipinski definition) is 11. The van der Waals surface area contributed by atoms with Crippen LogP contribution >= 0.6 is 11.8 Å². The van der Waals surface area contributed by atoms with Crippen LogP contribution in [-0.4, -0.2) is 119 Å². The second-order valence-electron chi connectivity index (χ2n) is 13.8. The van der Waals surface area contributed by atoms with Gasteiger partial charge in [0, 0.05) is 19.4 Å². The summed E-state index contributed by atoms with van der Waals surface area (Å²) in [6, 6.07) is -6.23. The van der Waals surface area contributed by atoms with Crippen LogP contribution in [0.5, 0.6) is 0 Å². The van der Waals surface area contributed by atoms with Gasteiger partial charge in [0.2, 0.25) is 35.2 Å². The van der Waals surface area contributed by atoms with E-state index in [1.165, 1.54) is 44.4 Å². The Morgan fingerprint density at radius 1 is 0.800 bits per heavy atom. The fourth-order valence-corrected chi connectivity index (χ4v) is 5.98. The molecule has 3 unspecified atom stereocenters. The summed E-state index contributed by atoms with van der Waals surface area (Å²) in [5, 5.41) is 32.7. The molecule has 1 aliphatic heterocycles. The van der Waals surface area contributed by atoms with E-state index in [0.717, 1.165) is 19.3 Å². The zero-order valence-electron chi connectivity index (χ0n) is 33.5. The highest BCUT2D eigenvalue weighted by Crippen LogP contribution is 2.10. The molecular weight excluding hydrogens is 733 g/mol. The molecule has 0 aromatic heterocycles. The number of guanidine groups is 1. The zero-order valence-corrected chi connectivity index (χ0v) is 34.3. The number of amides is 4. The van der Waals surface area contributed by atoms with Crippen molar-refractivity contribution in [2.75, 3.05) is 25.1 Å². The molecule has 1 fully saturated rings. The van der Waals surface area contributed by atoms with Gasteiger partial charge in [0.1, 0.15) is 18.1 Å². The number of nitrogens with zero attached hydrogens (tertiary/aromatic N) is 1. The Morgan fingerprint density at radius 2 is 1.36 bits per heavy atom. The fraction of sp³-hybridized carbons (Fsp3) is 0.784. The minimum atomic E-state index is -1.49. The van der Waals surface area contributed by atoms with Crippen LogP contribution in [-0.2, 0) is 33.6 Å². The Hall–Kier alpha value is -3.77. The predicted octanol–water partition coefficient (Wildman–Crippen LogP) is 1.04. The van der Waals surface area contributed by atoms with Gasteiger partial charge in [-0.1, -0.05) is 58.8 Å². The van der Waals surface area contributed by atoms with Gasteiger partial charge < -0.3 is 48.3 Å². The first-order valence-corrected chi connectivity index (χ1v) is 20.9. The number of aliphatic hydroxyl groups is 1. The summed E-state index contributed by atoms with van der Waals surface area (Å²) in [5.74, 6) is -5.63. The molecule has 4 amide bonds. The number of carboxylic acids is 1. The number of aliphatic hydroxyl groups excluding tert-OH is 1. The lowest BCUT2D eigenvalue weighted by molar-refractivity contribution is -0.140. The van der Waals surface area contributed by atoms with Crippen molar-refractivity contribution in [1.29, 1.82) is 0 Å². The van der Waals surface area contributed by atoms with Crippen LogP contribution in [0.4, 0.5) is 0 Å². The largest absolute Gasteiger partial charge is 0.481 e. The summed E-state index contributed by atoms with van der Waals surface area (Å²) in [5.41, 5.74) is 10.8. The molecule has 1 saturated heterocycles. The number of carboxylic acid groups (broad SMARTS) is 1. The maximum Gasteiger partial charge on any atom is 0.303 e. The number of nitrogens with two attached hydrogens (primary N) is 2. The average Bonchev–Trinajstić information content (AvgIpc) is 3.13. The number of nitrogens with one attached hydrogen (secondary N) is 5. The van der Waals surface area contributed by atoms with Gasteiger partial charge in [-0.05, 0) is 70.9 Å². The van der Waals surface area contributed by atoms with Crippen LogP contribution in [0.15, 0.2) is 4.99 Å². The van der Waals surface area contributed by atoms with Gasteiger partial charge in [0.25, 0.3) is 0 Å². The summed E-state index contributed by atoms with van der Waals surface area (Å²) < 4.78 is 0. The van der Waals surface area contributed by atoms with Gasteiger partial charge in [-0.25, -0.2) is 0 Å². The molecule has 6 atom stereocenters. The van der Waals surface area contributed by atoms with Gasteiger partial charge in [-0.2, -0.15) is 11.8 Å². The molecule has 0 saturated carbocycles. The quantitative estimate of drug-likeness (QED) is 0.0515. The highest BCUT2D eigenvalue weighted by molar-refractivity contribution is 7.98. The number of ketones is 2. The van der Waals surface area contributed by atoms with Gasteiger partial charge in [-0.15, -0.1) is 0 Å². The molecule has 17 nitrogen and oxygen atoms in total. The molecule has 1 rings (SSSR count). The molecule has 1 aliphatic rings. The SMILES string of the molecule is CCCCCC.CSCCC1NC(=O)[C@H](CCCN=C(N)N)NC(=O)C(CCC(=O)O)NC(=O)[C@H]([C@@H](C)O)NC(=O)CCCCCCCNC(C)C(=O)C1=O. The van der Waals surface area contributed by atoms with Crippen LogP contribution in [0.1, 0.15) is 124 Å². The number of aliphatic imine (C=N–C) groups is 1. The van der Waals surface area contributed by atoms with Crippen molar-refractivity contribution in [2.45, 2.75) is 160 Å². The van der Waals surface area contributed by atoms with Crippen molar-refractivity contribution in [3.8, 4) is 0 Å². The highest BCUT2D eigenvalue weighted by Gasteiger charge is 2.34. The van der Waals surface area contributed by atoms with Crippen molar-refractivity contribution in [2.24, 2.45) is 16.5 Å². The maximum atomic E-state index is 13.6. The van der Waals surface area contributed by atoms with Crippen molar-refractivity contribution in [1.82, 2.24) is 26.6 Å². The van der Waals surface area contributed by atoms with E-state index < -0.39 is 83.9 Å². The molecular formula is C37H68N8O9S. The van der Waals surface area contributed by atoms with Gasteiger partial charge >= 0.3 is 5.97 Å². The number of aliphatic carboxylic acids is 1. The summed E-state index contributed by atoms with van der Waals surface area (Å²) in [6.45, 7) is 7.89. The smallest absolute Gasteiger partial charge is 0.303 e. The van der Waals surface area contributed by atoms with E-state index in [1.807, 2.05) is 6.26 Å². The second kappa shape index (κ2) is 30.4. The topological polar surface area (TPSA) is 284 Å². The number of rotatable bonds is 14. The van der Waals surface area contributed by atoms with Crippen LogP contribution in [0, 0.1) is 0 Å². The van der Waals surface area contributed by atoms with E-state index in [1.54, 1.807) is 6.92 Å². The zero-order chi connectivity index (χ0) is 41.8. The Kier molecular flexibility index (Phi) is 28.4.